The molecule has 0 spiro atoms. The highest BCUT2D eigenvalue weighted by atomic mass is 32.1. The van der Waals surface area contributed by atoms with Gasteiger partial charge >= 0.3 is 0 Å². The summed E-state index contributed by atoms with van der Waals surface area (Å²) in [7, 11) is 1.89. The fraction of sp³-hybridized carbons (Fsp3) is 0.120. The molecule has 0 atom stereocenters. The molecule has 0 saturated heterocycles. The molecule has 0 bridgehead atoms. The molecule has 7 heteroatoms. The van der Waals surface area contributed by atoms with Crippen molar-refractivity contribution in [2.45, 2.75) is 13.0 Å². The summed E-state index contributed by atoms with van der Waals surface area (Å²) in [6.45, 7) is 0.652. The largest absolute Gasteiger partial charge is 0.388 e. The minimum absolute atomic E-state index is 0.409. The molecule has 1 heterocycles. The molecule has 160 valence electrons. The summed E-state index contributed by atoms with van der Waals surface area (Å²) >= 11 is 1.47. The van der Waals surface area contributed by atoms with Crippen LogP contribution in [0.5, 0.6) is 0 Å². The molecule has 3 aromatic carbocycles. The van der Waals surface area contributed by atoms with E-state index in [0.29, 0.717) is 12.1 Å². The van der Waals surface area contributed by atoms with E-state index in [1.54, 1.807) is 0 Å². The Morgan fingerprint density at radius 2 is 1.78 bits per heavy atom. The molecule has 0 radical (unpaired) electrons. The molecule has 2 N–H and O–H groups in total. The van der Waals surface area contributed by atoms with E-state index in [0.717, 1.165) is 56.1 Å². The van der Waals surface area contributed by atoms with Gasteiger partial charge in [0.15, 0.2) is 0 Å². The number of hydrogen-bond acceptors (Lipinski definition) is 5. The van der Waals surface area contributed by atoms with Crippen molar-refractivity contribution in [2.24, 2.45) is 0 Å². The number of anilines is 2. The highest BCUT2D eigenvalue weighted by Gasteiger charge is 2.20. The maximum Gasteiger partial charge on any atom is 0.206 e. The Morgan fingerprint density at radius 1 is 0.938 bits per heavy atom. The van der Waals surface area contributed by atoms with Gasteiger partial charge in [0.05, 0.1) is 0 Å². The molecule has 0 aliphatic heterocycles. The first kappa shape index (κ1) is 20.3. The molecule has 5 rings (SSSR count). The Morgan fingerprint density at radius 3 is 2.56 bits per heavy atom. The lowest BCUT2D eigenvalue weighted by Crippen LogP contribution is -1.99. The number of benzene rings is 3. The number of halogens is 2. The van der Waals surface area contributed by atoms with Crippen LogP contribution in [0.25, 0.3) is 16.1 Å². The molecule has 0 fully saturated rings. The molecule has 1 aliphatic carbocycles. The van der Waals surface area contributed by atoms with Gasteiger partial charge in [0, 0.05) is 36.5 Å². The monoisotopic (exact) mass is 446 g/mol. The van der Waals surface area contributed by atoms with Gasteiger partial charge in [-0.1, -0.05) is 41.7 Å². The second kappa shape index (κ2) is 8.51. The lowest BCUT2D eigenvalue weighted by molar-refractivity contribution is 0.581. The van der Waals surface area contributed by atoms with Crippen molar-refractivity contribution in [3.8, 4) is 10.6 Å². The summed E-state index contributed by atoms with van der Waals surface area (Å²) in [4.78, 5) is 0. The third kappa shape index (κ3) is 3.99. The van der Waals surface area contributed by atoms with Crippen molar-refractivity contribution in [3.63, 3.8) is 0 Å². The zero-order chi connectivity index (χ0) is 22.1. The van der Waals surface area contributed by atoms with E-state index in [1.807, 2.05) is 43.5 Å². The lowest BCUT2D eigenvalue weighted by Gasteiger charge is -2.09. The zero-order valence-corrected chi connectivity index (χ0v) is 18.1. The fourth-order valence-corrected chi connectivity index (χ4v) is 4.54. The quantitative estimate of drug-likeness (QED) is 0.374. The fourth-order valence-electron chi connectivity index (χ4n) is 3.80. The normalized spacial score (nSPS) is 12.4. The first-order valence-corrected chi connectivity index (χ1v) is 11.1. The van der Waals surface area contributed by atoms with Gasteiger partial charge in [0.1, 0.15) is 16.6 Å². The number of fused-ring (bicyclic) bond motifs is 1. The van der Waals surface area contributed by atoms with Crippen molar-refractivity contribution in [3.05, 3.63) is 101 Å². The SMILES string of the molecule is CNc1ccc(CNc2nnc(-c3ccc4c(c3)C(c3ccc(F)cc3F)=CC4)s2)cc1. The van der Waals surface area contributed by atoms with Crippen LogP contribution in [0.1, 0.15) is 22.3 Å². The molecular weight excluding hydrogens is 426 g/mol. The van der Waals surface area contributed by atoms with Gasteiger partial charge in [-0.2, -0.15) is 0 Å². The van der Waals surface area contributed by atoms with Crippen molar-refractivity contribution in [2.75, 3.05) is 17.7 Å². The van der Waals surface area contributed by atoms with Crippen LogP contribution in [-0.2, 0) is 13.0 Å². The summed E-state index contributed by atoms with van der Waals surface area (Å²) in [5, 5.41) is 16.5. The van der Waals surface area contributed by atoms with Gasteiger partial charge in [0.25, 0.3) is 0 Å². The van der Waals surface area contributed by atoms with E-state index in [1.165, 1.54) is 23.5 Å². The molecule has 0 amide bonds. The van der Waals surface area contributed by atoms with E-state index < -0.39 is 11.6 Å². The summed E-state index contributed by atoms with van der Waals surface area (Å²) in [6.07, 6.45) is 2.70. The summed E-state index contributed by atoms with van der Waals surface area (Å²) in [6, 6.07) is 17.9. The van der Waals surface area contributed by atoms with Gasteiger partial charge in [-0.3, -0.25) is 0 Å². The van der Waals surface area contributed by atoms with Crippen LogP contribution >= 0.6 is 11.3 Å². The van der Waals surface area contributed by atoms with Crippen LogP contribution in [-0.4, -0.2) is 17.2 Å². The van der Waals surface area contributed by atoms with Gasteiger partial charge in [0.2, 0.25) is 5.13 Å². The van der Waals surface area contributed by atoms with Crippen molar-refractivity contribution in [1.82, 2.24) is 10.2 Å². The molecule has 4 aromatic rings. The first-order valence-electron chi connectivity index (χ1n) is 10.2. The van der Waals surface area contributed by atoms with Crippen LogP contribution in [0.3, 0.4) is 0 Å². The second-order valence-corrected chi connectivity index (χ2v) is 8.51. The topological polar surface area (TPSA) is 49.8 Å². The van der Waals surface area contributed by atoms with Gasteiger partial charge < -0.3 is 10.6 Å². The third-order valence-electron chi connectivity index (χ3n) is 5.51. The predicted molar refractivity (Wildman–Crippen MR) is 126 cm³/mol. The average Bonchev–Trinajstić information content (AvgIpc) is 3.45. The van der Waals surface area contributed by atoms with Crippen molar-refractivity contribution in [1.29, 1.82) is 0 Å². The number of aromatic nitrogens is 2. The highest BCUT2D eigenvalue weighted by Crippen LogP contribution is 2.37. The predicted octanol–water partition coefficient (Wildman–Crippen LogP) is 6.12. The first-order chi connectivity index (χ1) is 15.6. The van der Waals surface area contributed by atoms with E-state index in [4.69, 9.17) is 0 Å². The van der Waals surface area contributed by atoms with E-state index >= 15 is 0 Å². The van der Waals surface area contributed by atoms with Crippen LogP contribution < -0.4 is 10.6 Å². The molecule has 1 aromatic heterocycles. The molecule has 0 saturated carbocycles. The number of hydrogen-bond donors (Lipinski definition) is 2. The van der Waals surface area contributed by atoms with Crippen molar-refractivity contribution < 1.29 is 8.78 Å². The number of rotatable bonds is 6. The molecule has 0 unspecified atom stereocenters. The Kier molecular flexibility index (Phi) is 5.41. The van der Waals surface area contributed by atoms with Crippen LogP contribution in [0.15, 0.2) is 66.7 Å². The van der Waals surface area contributed by atoms with E-state index in [2.05, 4.69) is 33.0 Å². The Balaban J connectivity index is 1.35. The lowest BCUT2D eigenvalue weighted by atomic mass is 9.97. The second-order valence-electron chi connectivity index (χ2n) is 7.53. The summed E-state index contributed by atoms with van der Waals surface area (Å²) in [5.41, 5.74) is 6.39. The smallest absolute Gasteiger partial charge is 0.206 e. The van der Waals surface area contributed by atoms with Crippen LogP contribution in [0, 0.1) is 11.6 Å². The van der Waals surface area contributed by atoms with Gasteiger partial charge in [-0.15, -0.1) is 10.2 Å². The minimum atomic E-state index is -0.578. The summed E-state index contributed by atoms with van der Waals surface area (Å²) in [5.74, 6) is -1.13. The van der Waals surface area contributed by atoms with Crippen LogP contribution in [0.2, 0.25) is 0 Å². The Bertz CT molecular complexity index is 1310. The average molecular weight is 447 g/mol. The minimum Gasteiger partial charge on any atom is -0.388 e. The Hall–Kier alpha value is -3.58. The van der Waals surface area contributed by atoms with Crippen LogP contribution in [0.4, 0.5) is 19.6 Å². The number of allylic oxidation sites excluding steroid dienone is 1. The number of nitrogens with one attached hydrogen (secondary N) is 2. The summed E-state index contributed by atoms with van der Waals surface area (Å²) < 4.78 is 27.7. The maximum absolute atomic E-state index is 14.4. The van der Waals surface area contributed by atoms with Gasteiger partial charge in [-0.05, 0) is 59.0 Å². The standard InChI is InChI=1S/C25H20F2N4S/c1-28-19-8-2-15(3-9-19)14-29-25-31-30-24(32-25)17-5-4-16-6-10-20(22(16)12-17)21-11-7-18(26)13-23(21)27/h2-5,7-13,28H,6,14H2,1H3,(H,29,31). The zero-order valence-electron chi connectivity index (χ0n) is 17.3. The van der Waals surface area contributed by atoms with Gasteiger partial charge in [-0.25, -0.2) is 8.78 Å². The van der Waals surface area contributed by atoms with Crippen molar-refractivity contribution >= 4 is 27.7 Å². The molecule has 1 aliphatic rings. The molecular formula is C25H20F2N4S. The third-order valence-corrected chi connectivity index (χ3v) is 6.44. The van der Waals surface area contributed by atoms with E-state index in [-0.39, 0.29) is 0 Å². The number of nitrogens with zero attached hydrogens (tertiary/aromatic N) is 2. The van der Waals surface area contributed by atoms with E-state index in [9.17, 15) is 8.78 Å². The highest BCUT2D eigenvalue weighted by molar-refractivity contribution is 7.18. The Labute approximate surface area is 188 Å². The molecule has 4 nitrogen and oxygen atoms in total. The molecule has 32 heavy (non-hydrogen) atoms. The maximum atomic E-state index is 14.4.